The van der Waals surface area contributed by atoms with Gasteiger partial charge in [-0.25, -0.2) is 4.68 Å². The van der Waals surface area contributed by atoms with Crippen LogP contribution in [-0.2, 0) is 6.42 Å². The minimum atomic E-state index is 0.407. The molecule has 0 aliphatic rings. The maximum absolute atomic E-state index is 6.09. The van der Waals surface area contributed by atoms with Crippen LogP contribution in [0, 0.1) is 6.92 Å². The molecule has 0 saturated heterocycles. The Morgan fingerprint density at radius 2 is 1.85 bits per heavy atom. The van der Waals surface area contributed by atoms with Crippen LogP contribution in [0.4, 0.5) is 0 Å². The van der Waals surface area contributed by atoms with Gasteiger partial charge in [0.25, 0.3) is 0 Å². The second-order valence-electron chi connectivity index (χ2n) is 5.97. The van der Waals surface area contributed by atoms with Crippen LogP contribution < -0.4 is 9.47 Å². The van der Waals surface area contributed by atoms with Crippen LogP contribution in [-0.4, -0.2) is 34.3 Å². The van der Waals surface area contributed by atoms with Gasteiger partial charge in [-0.05, 0) is 54.8 Å². The number of benzene rings is 2. The first-order valence-electron chi connectivity index (χ1n) is 8.68. The average molecular weight is 385 g/mol. The summed E-state index contributed by atoms with van der Waals surface area (Å²) in [7, 11) is 0. The van der Waals surface area contributed by atoms with Crippen molar-refractivity contribution >= 4 is 17.8 Å². The van der Waals surface area contributed by atoms with E-state index in [-0.39, 0.29) is 0 Å². The van der Waals surface area contributed by atoms with Gasteiger partial charge in [0.15, 0.2) is 0 Å². The molecule has 0 unspecified atom stereocenters. The molecular weight excluding hydrogens is 364 g/mol. The van der Waals surface area contributed by atoms with Gasteiger partial charge in [0.1, 0.15) is 37.4 Å². The summed E-state index contributed by atoms with van der Waals surface area (Å²) in [5, 5.41) is 12.3. The third-order valence-electron chi connectivity index (χ3n) is 3.84. The maximum atomic E-state index is 6.09. The van der Waals surface area contributed by atoms with Crippen molar-refractivity contribution in [3.05, 3.63) is 70.8 Å². The van der Waals surface area contributed by atoms with Crippen molar-refractivity contribution in [2.24, 2.45) is 5.10 Å². The normalized spacial score (nSPS) is 11.1. The first-order valence-corrected chi connectivity index (χ1v) is 9.06. The lowest BCUT2D eigenvalue weighted by molar-refractivity contribution is 0.217. The van der Waals surface area contributed by atoms with Crippen molar-refractivity contribution in [2.75, 3.05) is 13.2 Å². The number of aromatic nitrogens is 3. The highest BCUT2D eigenvalue weighted by molar-refractivity contribution is 6.30. The molecule has 3 rings (SSSR count). The summed E-state index contributed by atoms with van der Waals surface area (Å²) in [5.41, 5.74) is 3.21. The Bertz CT molecular complexity index is 910. The van der Waals surface area contributed by atoms with Crippen LogP contribution in [0.25, 0.3) is 0 Å². The van der Waals surface area contributed by atoms with E-state index >= 15 is 0 Å². The molecule has 2 aromatic carbocycles. The molecule has 0 N–H and O–H groups in total. The van der Waals surface area contributed by atoms with Crippen LogP contribution in [0.5, 0.6) is 11.5 Å². The summed E-state index contributed by atoms with van der Waals surface area (Å²) >= 11 is 6.09. The van der Waals surface area contributed by atoms with Gasteiger partial charge in [-0.15, -0.1) is 10.2 Å². The molecule has 7 heteroatoms. The molecular formula is C20H21ClN4O2. The molecule has 1 aromatic heterocycles. The Hall–Kier alpha value is -2.86. The largest absolute Gasteiger partial charge is 0.490 e. The fraction of sp³-hybridized carbons (Fsp3) is 0.250. The minimum Gasteiger partial charge on any atom is -0.490 e. The van der Waals surface area contributed by atoms with E-state index in [0.717, 1.165) is 17.7 Å². The molecule has 0 aliphatic heterocycles. The van der Waals surface area contributed by atoms with E-state index in [0.29, 0.717) is 24.0 Å². The van der Waals surface area contributed by atoms with E-state index in [1.54, 1.807) is 18.3 Å². The van der Waals surface area contributed by atoms with Crippen LogP contribution in [0.1, 0.15) is 23.6 Å². The number of nitrogens with zero attached hydrogens (tertiary/aromatic N) is 4. The van der Waals surface area contributed by atoms with Crippen molar-refractivity contribution in [2.45, 2.75) is 20.3 Å². The van der Waals surface area contributed by atoms with Crippen LogP contribution in [0.2, 0.25) is 5.02 Å². The Morgan fingerprint density at radius 1 is 1.07 bits per heavy atom. The molecule has 6 nitrogen and oxygen atoms in total. The van der Waals surface area contributed by atoms with Gasteiger partial charge in [0, 0.05) is 10.6 Å². The maximum Gasteiger partial charge on any atom is 0.141 e. The first-order chi connectivity index (χ1) is 13.1. The monoisotopic (exact) mass is 384 g/mol. The number of aryl methyl sites for hydroxylation is 2. The highest BCUT2D eigenvalue weighted by Crippen LogP contribution is 2.22. The quantitative estimate of drug-likeness (QED) is 0.432. The van der Waals surface area contributed by atoms with E-state index < -0.39 is 0 Å². The molecule has 1 heterocycles. The van der Waals surface area contributed by atoms with Crippen molar-refractivity contribution in [3.8, 4) is 11.5 Å². The summed E-state index contributed by atoms with van der Waals surface area (Å²) in [4.78, 5) is 0. The molecule has 0 spiro atoms. The molecule has 0 fully saturated rings. The second-order valence-corrected chi connectivity index (χ2v) is 6.41. The Balaban J connectivity index is 1.60. The van der Waals surface area contributed by atoms with E-state index in [9.17, 15) is 0 Å². The number of hydrogen-bond donors (Lipinski definition) is 0. The van der Waals surface area contributed by atoms with Crippen molar-refractivity contribution < 1.29 is 9.47 Å². The predicted molar refractivity (Wildman–Crippen MR) is 106 cm³/mol. The summed E-state index contributed by atoms with van der Waals surface area (Å²) in [6.07, 6.45) is 5.64. The number of hydrogen-bond acceptors (Lipinski definition) is 5. The topological polar surface area (TPSA) is 61.5 Å². The van der Waals surface area contributed by atoms with Gasteiger partial charge in [0.05, 0.1) is 6.21 Å². The van der Waals surface area contributed by atoms with Gasteiger partial charge in [-0.1, -0.05) is 24.6 Å². The third-order valence-corrected chi connectivity index (χ3v) is 4.07. The minimum absolute atomic E-state index is 0.407. The number of ether oxygens (including phenoxy) is 2. The van der Waals surface area contributed by atoms with Crippen molar-refractivity contribution in [1.82, 2.24) is 14.9 Å². The molecule has 0 aliphatic carbocycles. The average Bonchev–Trinajstić information content (AvgIpc) is 3.18. The summed E-state index contributed by atoms with van der Waals surface area (Å²) < 4.78 is 13.2. The highest BCUT2D eigenvalue weighted by Gasteiger charge is 2.04. The van der Waals surface area contributed by atoms with Gasteiger partial charge in [-0.3, -0.25) is 0 Å². The summed E-state index contributed by atoms with van der Waals surface area (Å²) in [5.74, 6) is 1.54. The van der Waals surface area contributed by atoms with Crippen LogP contribution in [0.15, 0.2) is 54.2 Å². The Morgan fingerprint density at radius 3 is 2.63 bits per heavy atom. The second kappa shape index (κ2) is 9.19. The van der Waals surface area contributed by atoms with Gasteiger partial charge in [0.2, 0.25) is 0 Å². The third kappa shape index (κ3) is 5.56. The zero-order chi connectivity index (χ0) is 19.1. The molecule has 0 radical (unpaired) electrons. The molecule has 27 heavy (non-hydrogen) atoms. The molecule has 3 aromatic rings. The van der Waals surface area contributed by atoms with E-state index in [1.807, 2.05) is 12.1 Å². The van der Waals surface area contributed by atoms with Crippen LogP contribution in [0.3, 0.4) is 0 Å². The van der Waals surface area contributed by atoms with Crippen molar-refractivity contribution in [3.63, 3.8) is 0 Å². The lowest BCUT2D eigenvalue weighted by Crippen LogP contribution is -2.10. The molecule has 0 atom stereocenters. The number of rotatable bonds is 8. The first kappa shape index (κ1) is 18.9. The molecule has 140 valence electrons. The van der Waals surface area contributed by atoms with E-state index in [1.165, 1.54) is 28.5 Å². The SMILES string of the molecule is CCc1cc(C)cc(OCCOc2ccc(Cl)cc2C=Nn2cnnc2)c1. The lowest BCUT2D eigenvalue weighted by atomic mass is 10.1. The lowest BCUT2D eigenvalue weighted by Gasteiger charge is -2.12. The molecule has 0 bridgehead atoms. The summed E-state index contributed by atoms with van der Waals surface area (Å²) in [6, 6.07) is 11.6. The molecule has 0 amide bonds. The zero-order valence-electron chi connectivity index (χ0n) is 15.3. The Labute approximate surface area is 163 Å². The fourth-order valence-electron chi connectivity index (χ4n) is 2.56. The van der Waals surface area contributed by atoms with Gasteiger partial charge >= 0.3 is 0 Å². The van der Waals surface area contributed by atoms with E-state index in [4.69, 9.17) is 21.1 Å². The standard InChI is InChI=1S/C20H21ClN4O2/c1-3-16-8-15(2)9-19(10-16)26-6-7-27-20-5-4-18(21)11-17(20)12-24-25-13-22-23-14-25/h4-5,8-14H,3,6-7H2,1-2H3. The smallest absolute Gasteiger partial charge is 0.141 e. The number of halogens is 1. The summed E-state index contributed by atoms with van der Waals surface area (Å²) in [6.45, 7) is 5.05. The Kier molecular flexibility index (Phi) is 6.44. The van der Waals surface area contributed by atoms with Crippen molar-refractivity contribution in [1.29, 1.82) is 0 Å². The predicted octanol–water partition coefficient (Wildman–Crippen LogP) is 4.14. The highest BCUT2D eigenvalue weighted by atomic mass is 35.5. The molecule has 0 saturated carbocycles. The zero-order valence-corrected chi connectivity index (χ0v) is 16.1. The fourth-order valence-corrected chi connectivity index (χ4v) is 2.74. The van der Waals surface area contributed by atoms with Crippen LogP contribution >= 0.6 is 11.6 Å². The van der Waals surface area contributed by atoms with Gasteiger partial charge < -0.3 is 9.47 Å². The van der Waals surface area contributed by atoms with Gasteiger partial charge in [-0.2, -0.15) is 5.10 Å². The van der Waals surface area contributed by atoms with E-state index in [2.05, 4.69) is 41.3 Å².